The molecule has 0 aliphatic rings. The predicted octanol–water partition coefficient (Wildman–Crippen LogP) is 3.96. The van der Waals surface area contributed by atoms with Crippen molar-refractivity contribution >= 4 is 15.9 Å². The lowest BCUT2D eigenvalue weighted by molar-refractivity contribution is 0.613. The van der Waals surface area contributed by atoms with Crippen LogP contribution in [0, 0.1) is 12.8 Å². The molecule has 1 rings (SSSR count). The van der Waals surface area contributed by atoms with Crippen molar-refractivity contribution < 1.29 is 0 Å². The van der Waals surface area contributed by atoms with Gasteiger partial charge in [-0.2, -0.15) is 0 Å². The Hall–Kier alpha value is -0.300. The van der Waals surface area contributed by atoms with E-state index in [1.54, 1.807) is 0 Å². The van der Waals surface area contributed by atoms with Gasteiger partial charge in [-0.3, -0.25) is 0 Å². The van der Waals surface area contributed by atoms with E-state index in [2.05, 4.69) is 61.0 Å². The number of benzene rings is 1. The standard InChI is InChI=1S/C12H17Br/c1-9(2)12(13)8-11-6-4-5-10(3)7-11/h4-7,9,12H,8H2,1-3H3. The highest BCUT2D eigenvalue weighted by molar-refractivity contribution is 9.09. The summed E-state index contributed by atoms with van der Waals surface area (Å²) < 4.78 is 0. The van der Waals surface area contributed by atoms with Gasteiger partial charge >= 0.3 is 0 Å². The van der Waals surface area contributed by atoms with Crippen LogP contribution in [0.5, 0.6) is 0 Å². The van der Waals surface area contributed by atoms with E-state index < -0.39 is 0 Å². The van der Waals surface area contributed by atoms with Crippen LogP contribution in [0.1, 0.15) is 25.0 Å². The molecule has 1 heteroatoms. The molecular weight excluding hydrogens is 224 g/mol. The summed E-state index contributed by atoms with van der Waals surface area (Å²) in [6, 6.07) is 8.73. The first-order chi connectivity index (χ1) is 6.09. The van der Waals surface area contributed by atoms with Crippen LogP contribution in [0.3, 0.4) is 0 Å². The van der Waals surface area contributed by atoms with E-state index in [1.807, 2.05) is 0 Å². The highest BCUT2D eigenvalue weighted by Gasteiger charge is 2.09. The maximum atomic E-state index is 3.70. The minimum Gasteiger partial charge on any atom is -0.0884 e. The maximum absolute atomic E-state index is 3.70. The van der Waals surface area contributed by atoms with Crippen LogP contribution in [0.25, 0.3) is 0 Å². The van der Waals surface area contributed by atoms with Gasteiger partial charge in [-0.15, -0.1) is 0 Å². The van der Waals surface area contributed by atoms with Crippen LogP contribution in [0.4, 0.5) is 0 Å². The van der Waals surface area contributed by atoms with Gasteiger partial charge in [0, 0.05) is 4.83 Å². The van der Waals surface area contributed by atoms with E-state index in [9.17, 15) is 0 Å². The van der Waals surface area contributed by atoms with Crippen LogP contribution >= 0.6 is 15.9 Å². The zero-order valence-electron chi connectivity index (χ0n) is 8.55. The SMILES string of the molecule is Cc1cccc(CC(Br)C(C)C)c1. The van der Waals surface area contributed by atoms with Crippen LogP contribution < -0.4 is 0 Å². The fraction of sp³-hybridized carbons (Fsp3) is 0.500. The molecule has 1 unspecified atom stereocenters. The lowest BCUT2D eigenvalue weighted by Crippen LogP contribution is -2.10. The topological polar surface area (TPSA) is 0 Å². The lowest BCUT2D eigenvalue weighted by Gasteiger charge is -2.13. The van der Waals surface area contributed by atoms with Gasteiger partial charge in [-0.1, -0.05) is 59.6 Å². The van der Waals surface area contributed by atoms with Crippen molar-refractivity contribution in [3.63, 3.8) is 0 Å². The minimum atomic E-state index is 0.592. The molecule has 1 aromatic carbocycles. The fourth-order valence-corrected chi connectivity index (χ4v) is 1.67. The van der Waals surface area contributed by atoms with Crippen LogP contribution in [0.15, 0.2) is 24.3 Å². The van der Waals surface area contributed by atoms with E-state index >= 15 is 0 Å². The Morgan fingerprint density at radius 1 is 1.31 bits per heavy atom. The lowest BCUT2D eigenvalue weighted by atomic mass is 10.0. The number of hydrogen-bond donors (Lipinski definition) is 0. The maximum Gasteiger partial charge on any atom is 0.0209 e. The summed E-state index contributed by atoms with van der Waals surface area (Å²) in [6.07, 6.45) is 1.12. The van der Waals surface area contributed by atoms with Gasteiger partial charge in [0.25, 0.3) is 0 Å². The highest BCUT2D eigenvalue weighted by Crippen LogP contribution is 2.18. The molecule has 0 bridgehead atoms. The van der Waals surface area contributed by atoms with Crippen molar-refractivity contribution in [3.05, 3.63) is 35.4 Å². The Bertz CT molecular complexity index is 266. The summed E-state index contributed by atoms with van der Waals surface area (Å²) in [5, 5.41) is 0. The third-order valence-corrected chi connectivity index (χ3v) is 3.62. The molecule has 0 saturated heterocycles. The van der Waals surface area contributed by atoms with Gasteiger partial charge in [-0.25, -0.2) is 0 Å². The van der Waals surface area contributed by atoms with Gasteiger partial charge in [0.15, 0.2) is 0 Å². The van der Waals surface area contributed by atoms with Crippen molar-refractivity contribution in [2.45, 2.75) is 32.0 Å². The zero-order chi connectivity index (χ0) is 9.84. The van der Waals surface area contributed by atoms with E-state index in [0.717, 1.165) is 6.42 Å². The molecule has 0 aromatic heterocycles. The predicted molar refractivity (Wildman–Crippen MR) is 62.4 cm³/mol. The number of alkyl halides is 1. The summed E-state index contributed by atoms with van der Waals surface area (Å²) in [6.45, 7) is 6.63. The molecule has 0 fully saturated rings. The Balaban J connectivity index is 2.64. The average Bonchev–Trinajstić information content (AvgIpc) is 2.04. The third-order valence-electron chi connectivity index (χ3n) is 2.24. The molecule has 13 heavy (non-hydrogen) atoms. The van der Waals surface area contributed by atoms with E-state index in [4.69, 9.17) is 0 Å². The fourth-order valence-electron chi connectivity index (χ4n) is 1.30. The average molecular weight is 241 g/mol. The molecular formula is C12H17Br. The molecule has 0 aliphatic heterocycles. The van der Waals surface area contributed by atoms with Crippen molar-refractivity contribution in [2.75, 3.05) is 0 Å². The second-order valence-electron chi connectivity index (χ2n) is 3.95. The Morgan fingerprint density at radius 2 is 2.00 bits per heavy atom. The number of hydrogen-bond acceptors (Lipinski definition) is 0. The molecule has 0 nitrogen and oxygen atoms in total. The van der Waals surface area contributed by atoms with Crippen LogP contribution in [-0.2, 0) is 6.42 Å². The van der Waals surface area contributed by atoms with Crippen molar-refractivity contribution in [1.82, 2.24) is 0 Å². The molecule has 1 atom stereocenters. The summed E-state index contributed by atoms with van der Waals surface area (Å²) in [4.78, 5) is 0.592. The van der Waals surface area contributed by atoms with Crippen molar-refractivity contribution in [1.29, 1.82) is 0 Å². The van der Waals surface area contributed by atoms with Gasteiger partial charge in [0.05, 0.1) is 0 Å². The Kier molecular flexibility index (Phi) is 3.98. The third kappa shape index (κ3) is 3.51. The minimum absolute atomic E-state index is 0.592. The van der Waals surface area contributed by atoms with Gasteiger partial charge in [-0.05, 0) is 24.8 Å². The first-order valence-electron chi connectivity index (χ1n) is 4.79. The monoisotopic (exact) mass is 240 g/mol. The highest BCUT2D eigenvalue weighted by atomic mass is 79.9. The smallest absolute Gasteiger partial charge is 0.0209 e. The molecule has 0 spiro atoms. The van der Waals surface area contributed by atoms with Gasteiger partial charge in [0.2, 0.25) is 0 Å². The van der Waals surface area contributed by atoms with Crippen LogP contribution in [-0.4, -0.2) is 4.83 Å². The summed E-state index contributed by atoms with van der Waals surface area (Å²) in [7, 11) is 0. The van der Waals surface area contributed by atoms with Crippen molar-refractivity contribution in [2.24, 2.45) is 5.92 Å². The first-order valence-corrected chi connectivity index (χ1v) is 5.71. The quantitative estimate of drug-likeness (QED) is 0.703. The number of rotatable bonds is 3. The molecule has 0 heterocycles. The second kappa shape index (κ2) is 4.80. The number of aryl methyl sites for hydroxylation is 1. The summed E-state index contributed by atoms with van der Waals surface area (Å²) in [5.41, 5.74) is 2.77. The largest absolute Gasteiger partial charge is 0.0884 e. The van der Waals surface area contributed by atoms with E-state index in [-0.39, 0.29) is 0 Å². The molecule has 0 radical (unpaired) electrons. The van der Waals surface area contributed by atoms with E-state index in [0.29, 0.717) is 10.7 Å². The Morgan fingerprint density at radius 3 is 2.54 bits per heavy atom. The van der Waals surface area contributed by atoms with Crippen molar-refractivity contribution in [3.8, 4) is 0 Å². The summed E-state index contributed by atoms with van der Waals surface area (Å²) in [5.74, 6) is 0.695. The zero-order valence-corrected chi connectivity index (χ0v) is 10.1. The number of halogens is 1. The van der Waals surface area contributed by atoms with E-state index in [1.165, 1.54) is 11.1 Å². The summed E-state index contributed by atoms with van der Waals surface area (Å²) >= 11 is 3.70. The van der Waals surface area contributed by atoms with Crippen LogP contribution in [0.2, 0.25) is 0 Å². The molecule has 72 valence electrons. The van der Waals surface area contributed by atoms with Gasteiger partial charge in [0.1, 0.15) is 0 Å². The Labute approximate surface area is 89.5 Å². The molecule has 0 saturated carbocycles. The first kappa shape index (κ1) is 10.8. The molecule has 0 N–H and O–H groups in total. The molecule has 0 aliphatic carbocycles. The molecule has 0 amide bonds. The normalized spacial score (nSPS) is 13.3. The second-order valence-corrected chi connectivity index (χ2v) is 5.13. The van der Waals surface area contributed by atoms with Gasteiger partial charge < -0.3 is 0 Å². The molecule has 1 aromatic rings.